The number of aromatic nitrogens is 2. The van der Waals surface area contributed by atoms with Crippen molar-refractivity contribution in [1.82, 2.24) is 9.45 Å². The Morgan fingerprint density at radius 3 is 2.20 bits per heavy atom. The van der Waals surface area contributed by atoms with Crippen LogP contribution in [-0.4, -0.2) is 17.7 Å². The maximum atomic E-state index is 4.36. The van der Waals surface area contributed by atoms with Crippen molar-refractivity contribution in [2.75, 3.05) is 0 Å². The number of hydrogen-bond acceptors (Lipinski definition) is 1. The Morgan fingerprint density at radius 1 is 1.40 bits per heavy atom. The Balaban J connectivity index is 2.96. The van der Waals surface area contributed by atoms with Crippen LogP contribution in [0.1, 0.15) is 5.69 Å². The van der Waals surface area contributed by atoms with E-state index < -0.39 is 8.24 Å². The molecule has 0 N–H and O–H groups in total. The Labute approximate surface area is 63.0 Å². The standard InChI is InChI=1S/C7H14N2Si/c1-7-5-6-9(8-7)10(2,3)4/h5-6H,1-4H3. The van der Waals surface area contributed by atoms with Gasteiger partial charge in [-0.15, -0.1) is 0 Å². The molecule has 0 saturated carbocycles. The minimum atomic E-state index is -1.21. The average molecular weight is 154 g/mol. The molecule has 1 heterocycles. The van der Waals surface area contributed by atoms with Crippen molar-refractivity contribution in [3.63, 3.8) is 0 Å². The molecule has 0 aromatic carbocycles. The second kappa shape index (κ2) is 2.23. The van der Waals surface area contributed by atoms with Gasteiger partial charge in [-0.3, -0.25) is 0 Å². The van der Waals surface area contributed by atoms with E-state index in [1.807, 2.05) is 6.92 Å². The molecule has 2 nitrogen and oxygen atoms in total. The zero-order chi connectivity index (χ0) is 7.78. The van der Waals surface area contributed by atoms with E-state index in [9.17, 15) is 0 Å². The number of rotatable bonds is 1. The van der Waals surface area contributed by atoms with E-state index >= 15 is 0 Å². The maximum Gasteiger partial charge on any atom is 0.175 e. The van der Waals surface area contributed by atoms with Crippen LogP contribution in [0.2, 0.25) is 19.6 Å². The molecular weight excluding hydrogens is 140 g/mol. The Morgan fingerprint density at radius 2 is 2.00 bits per heavy atom. The lowest BCUT2D eigenvalue weighted by molar-refractivity contribution is 0.911. The largest absolute Gasteiger partial charge is 0.302 e. The second-order valence-electron chi connectivity index (χ2n) is 3.57. The van der Waals surface area contributed by atoms with Gasteiger partial charge < -0.3 is 4.35 Å². The van der Waals surface area contributed by atoms with Crippen molar-refractivity contribution >= 4 is 8.24 Å². The summed E-state index contributed by atoms with van der Waals surface area (Å²) in [6, 6.07) is 2.05. The SMILES string of the molecule is Cc1ccn([Si](C)(C)C)n1. The maximum absolute atomic E-state index is 4.36. The van der Waals surface area contributed by atoms with Gasteiger partial charge in [0.15, 0.2) is 8.24 Å². The van der Waals surface area contributed by atoms with Crippen LogP contribution >= 0.6 is 0 Å². The van der Waals surface area contributed by atoms with Crippen molar-refractivity contribution in [2.45, 2.75) is 26.6 Å². The molecule has 0 aliphatic heterocycles. The first-order valence-electron chi connectivity index (χ1n) is 3.53. The van der Waals surface area contributed by atoms with Crippen LogP contribution in [-0.2, 0) is 0 Å². The van der Waals surface area contributed by atoms with Gasteiger partial charge in [-0.25, -0.2) is 0 Å². The summed E-state index contributed by atoms with van der Waals surface area (Å²) in [7, 11) is -1.21. The molecule has 0 unspecified atom stereocenters. The molecule has 3 heteroatoms. The van der Waals surface area contributed by atoms with Crippen LogP contribution in [0.25, 0.3) is 0 Å². The van der Waals surface area contributed by atoms with Crippen molar-refractivity contribution in [3.05, 3.63) is 18.0 Å². The molecule has 56 valence electrons. The van der Waals surface area contributed by atoms with E-state index in [-0.39, 0.29) is 0 Å². The normalized spacial score (nSPS) is 12.0. The summed E-state index contributed by atoms with van der Waals surface area (Å²) in [5.41, 5.74) is 1.11. The fourth-order valence-electron chi connectivity index (χ4n) is 0.789. The van der Waals surface area contributed by atoms with Crippen molar-refractivity contribution in [1.29, 1.82) is 0 Å². The van der Waals surface area contributed by atoms with Gasteiger partial charge in [0.2, 0.25) is 0 Å². The Kier molecular flexibility index (Phi) is 1.68. The van der Waals surface area contributed by atoms with Gasteiger partial charge >= 0.3 is 0 Å². The van der Waals surface area contributed by atoms with Crippen molar-refractivity contribution in [2.24, 2.45) is 0 Å². The predicted octanol–water partition coefficient (Wildman–Crippen LogP) is 1.87. The van der Waals surface area contributed by atoms with Crippen molar-refractivity contribution in [3.8, 4) is 0 Å². The molecule has 1 rings (SSSR count). The minimum Gasteiger partial charge on any atom is -0.302 e. The summed E-state index contributed by atoms with van der Waals surface area (Å²) >= 11 is 0. The highest BCUT2D eigenvalue weighted by atomic mass is 28.3. The molecule has 0 bridgehead atoms. The molecule has 1 aromatic rings. The van der Waals surface area contributed by atoms with Crippen LogP contribution < -0.4 is 0 Å². The fourth-order valence-corrected chi connectivity index (χ4v) is 1.77. The highest BCUT2D eigenvalue weighted by Crippen LogP contribution is 2.04. The third kappa shape index (κ3) is 1.47. The van der Waals surface area contributed by atoms with E-state index in [2.05, 4.69) is 41.4 Å². The number of nitrogens with zero attached hydrogens (tertiary/aromatic N) is 2. The predicted molar refractivity (Wildman–Crippen MR) is 45.7 cm³/mol. The number of hydrogen-bond donors (Lipinski definition) is 0. The monoisotopic (exact) mass is 154 g/mol. The highest BCUT2D eigenvalue weighted by Gasteiger charge is 2.16. The van der Waals surface area contributed by atoms with Crippen LogP contribution in [0.3, 0.4) is 0 Å². The van der Waals surface area contributed by atoms with Gasteiger partial charge in [-0.2, -0.15) is 5.10 Å². The summed E-state index contributed by atoms with van der Waals surface area (Å²) in [4.78, 5) is 0. The molecule has 1 aromatic heterocycles. The summed E-state index contributed by atoms with van der Waals surface area (Å²) in [5, 5.41) is 4.36. The van der Waals surface area contributed by atoms with E-state index in [1.165, 1.54) is 0 Å². The fraction of sp³-hybridized carbons (Fsp3) is 0.571. The van der Waals surface area contributed by atoms with Crippen molar-refractivity contribution < 1.29 is 0 Å². The Bertz CT molecular complexity index is 222. The summed E-state index contributed by atoms with van der Waals surface area (Å²) < 4.78 is 2.11. The van der Waals surface area contributed by atoms with Crippen LogP contribution in [0.15, 0.2) is 12.3 Å². The molecule has 0 atom stereocenters. The third-order valence-electron chi connectivity index (χ3n) is 1.41. The molecule has 0 saturated heterocycles. The molecule has 10 heavy (non-hydrogen) atoms. The summed E-state index contributed by atoms with van der Waals surface area (Å²) in [6.07, 6.45) is 2.07. The smallest absolute Gasteiger partial charge is 0.175 e. The first-order chi connectivity index (χ1) is 4.50. The zero-order valence-electron chi connectivity index (χ0n) is 7.05. The summed E-state index contributed by atoms with van der Waals surface area (Å²) in [6.45, 7) is 8.86. The van der Waals surface area contributed by atoms with Crippen LogP contribution in [0.4, 0.5) is 0 Å². The van der Waals surface area contributed by atoms with Gasteiger partial charge in [0.05, 0.1) is 5.69 Å². The van der Waals surface area contributed by atoms with E-state index in [1.54, 1.807) is 0 Å². The van der Waals surface area contributed by atoms with Gasteiger partial charge in [-0.1, -0.05) is 0 Å². The second-order valence-corrected chi connectivity index (χ2v) is 8.37. The molecule has 0 aliphatic carbocycles. The minimum absolute atomic E-state index is 1.11. The topological polar surface area (TPSA) is 17.8 Å². The van der Waals surface area contributed by atoms with E-state index in [0.29, 0.717) is 0 Å². The van der Waals surface area contributed by atoms with Crippen LogP contribution in [0.5, 0.6) is 0 Å². The number of aryl methyl sites for hydroxylation is 1. The van der Waals surface area contributed by atoms with Gasteiger partial charge in [-0.05, 0) is 32.6 Å². The highest BCUT2D eigenvalue weighted by molar-refractivity contribution is 6.74. The van der Waals surface area contributed by atoms with Gasteiger partial charge in [0.1, 0.15) is 0 Å². The lowest BCUT2D eigenvalue weighted by Crippen LogP contribution is -2.32. The lowest BCUT2D eigenvalue weighted by atomic mass is 10.5. The van der Waals surface area contributed by atoms with Crippen LogP contribution in [0, 0.1) is 6.92 Å². The first-order valence-corrected chi connectivity index (χ1v) is 6.97. The van der Waals surface area contributed by atoms with Gasteiger partial charge in [0.25, 0.3) is 0 Å². The lowest BCUT2D eigenvalue weighted by Gasteiger charge is -2.15. The van der Waals surface area contributed by atoms with Gasteiger partial charge in [0, 0.05) is 6.20 Å². The molecule has 0 fully saturated rings. The molecule has 0 spiro atoms. The third-order valence-corrected chi connectivity index (χ3v) is 3.03. The first kappa shape index (κ1) is 7.53. The molecular formula is C7H14N2Si. The Hall–Kier alpha value is -0.573. The quantitative estimate of drug-likeness (QED) is 0.565. The van der Waals surface area contributed by atoms with E-state index in [4.69, 9.17) is 0 Å². The summed E-state index contributed by atoms with van der Waals surface area (Å²) in [5.74, 6) is 0. The average Bonchev–Trinajstić information content (AvgIpc) is 2.11. The molecule has 0 aliphatic rings. The van der Waals surface area contributed by atoms with E-state index in [0.717, 1.165) is 5.69 Å². The zero-order valence-corrected chi connectivity index (χ0v) is 8.05. The molecule has 0 radical (unpaired) electrons. The molecule has 0 amide bonds.